The quantitative estimate of drug-likeness (QED) is 0.748. The first-order chi connectivity index (χ1) is 7.16. The number of carbonyl (C=O) groups is 1. The topological polar surface area (TPSA) is 86.7 Å². The van der Waals surface area contributed by atoms with Gasteiger partial charge in [0.25, 0.3) is 5.91 Å². The van der Waals surface area contributed by atoms with E-state index in [9.17, 15) is 4.79 Å². The third-order valence-electron chi connectivity index (χ3n) is 1.86. The third-order valence-corrected chi connectivity index (χ3v) is 1.86. The van der Waals surface area contributed by atoms with E-state index in [1.165, 1.54) is 6.07 Å². The second-order valence-electron chi connectivity index (χ2n) is 3.04. The lowest BCUT2D eigenvalue weighted by Crippen LogP contribution is -2.14. The minimum atomic E-state index is -0.592. The van der Waals surface area contributed by atoms with Crippen molar-refractivity contribution in [3.8, 4) is 5.82 Å². The molecular formula is C9H9N5O. The molecule has 2 rings (SSSR count). The van der Waals surface area contributed by atoms with Gasteiger partial charge >= 0.3 is 0 Å². The number of nitrogens with zero attached hydrogens (tertiary/aromatic N) is 4. The van der Waals surface area contributed by atoms with Gasteiger partial charge in [0.2, 0.25) is 0 Å². The Bertz CT molecular complexity index is 487. The fraction of sp³-hybridized carbons (Fsp3) is 0.111. The number of primary amides is 1. The van der Waals surface area contributed by atoms with E-state index in [0.717, 1.165) is 5.69 Å². The minimum absolute atomic E-state index is 0.141. The van der Waals surface area contributed by atoms with Crippen LogP contribution in [0.4, 0.5) is 0 Å². The highest BCUT2D eigenvalue weighted by atomic mass is 16.1. The van der Waals surface area contributed by atoms with Gasteiger partial charge in [-0.2, -0.15) is 5.10 Å². The van der Waals surface area contributed by atoms with Gasteiger partial charge in [0.05, 0.1) is 5.69 Å². The van der Waals surface area contributed by atoms with Gasteiger partial charge in [0.15, 0.2) is 11.5 Å². The Morgan fingerprint density at radius 3 is 2.60 bits per heavy atom. The van der Waals surface area contributed by atoms with Crippen LogP contribution in [0.5, 0.6) is 0 Å². The van der Waals surface area contributed by atoms with Crippen LogP contribution in [-0.4, -0.2) is 25.9 Å². The molecule has 2 N–H and O–H groups in total. The second-order valence-corrected chi connectivity index (χ2v) is 3.04. The lowest BCUT2D eigenvalue weighted by molar-refractivity contribution is 0.0994. The van der Waals surface area contributed by atoms with E-state index < -0.39 is 5.91 Å². The predicted octanol–water partition coefficient (Wildman–Crippen LogP) is 0.0696. The van der Waals surface area contributed by atoms with Crippen LogP contribution in [0.2, 0.25) is 0 Å². The first-order valence-electron chi connectivity index (χ1n) is 4.33. The largest absolute Gasteiger partial charge is 0.364 e. The van der Waals surface area contributed by atoms with Crippen LogP contribution in [0, 0.1) is 6.92 Å². The Kier molecular flexibility index (Phi) is 2.17. The maximum Gasteiger partial charge on any atom is 0.269 e. The Morgan fingerprint density at radius 2 is 2.13 bits per heavy atom. The van der Waals surface area contributed by atoms with Gasteiger partial charge in [-0.15, -0.1) is 10.2 Å². The highest BCUT2D eigenvalue weighted by Crippen LogP contribution is 2.03. The van der Waals surface area contributed by atoms with E-state index in [1.807, 2.05) is 13.0 Å². The lowest BCUT2D eigenvalue weighted by atomic mass is 10.4. The summed E-state index contributed by atoms with van der Waals surface area (Å²) in [5.41, 5.74) is 6.07. The molecule has 0 saturated heterocycles. The Hall–Kier alpha value is -2.24. The fourth-order valence-electron chi connectivity index (χ4n) is 1.12. The van der Waals surface area contributed by atoms with Crippen molar-refractivity contribution >= 4 is 5.91 Å². The first kappa shape index (κ1) is 9.32. The molecule has 0 bridgehead atoms. The van der Waals surface area contributed by atoms with Gasteiger partial charge in [0, 0.05) is 6.20 Å². The molecule has 2 aromatic rings. The minimum Gasteiger partial charge on any atom is -0.364 e. The average Bonchev–Trinajstić information content (AvgIpc) is 2.65. The van der Waals surface area contributed by atoms with Crippen molar-refractivity contribution in [3.63, 3.8) is 0 Å². The number of hydrogen-bond donors (Lipinski definition) is 1. The Balaban J connectivity index is 2.35. The van der Waals surface area contributed by atoms with Gasteiger partial charge < -0.3 is 5.73 Å². The maximum atomic E-state index is 10.8. The zero-order valence-corrected chi connectivity index (χ0v) is 8.08. The first-order valence-corrected chi connectivity index (χ1v) is 4.33. The molecule has 0 spiro atoms. The Labute approximate surface area is 85.7 Å². The van der Waals surface area contributed by atoms with E-state index in [-0.39, 0.29) is 5.69 Å². The molecule has 0 radical (unpaired) electrons. The van der Waals surface area contributed by atoms with Crippen molar-refractivity contribution in [1.82, 2.24) is 20.0 Å². The van der Waals surface area contributed by atoms with Crippen molar-refractivity contribution in [2.75, 3.05) is 0 Å². The number of amides is 1. The predicted molar refractivity (Wildman–Crippen MR) is 52.4 cm³/mol. The van der Waals surface area contributed by atoms with Crippen molar-refractivity contribution in [2.45, 2.75) is 6.92 Å². The van der Waals surface area contributed by atoms with Crippen molar-refractivity contribution in [2.24, 2.45) is 5.73 Å². The zero-order chi connectivity index (χ0) is 10.8. The molecule has 1 amide bonds. The van der Waals surface area contributed by atoms with Crippen LogP contribution in [0.25, 0.3) is 5.82 Å². The molecule has 2 heterocycles. The van der Waals surface area contributed by atoms with Crippen molar-refractivity contribution in [1.29, 1.82) is 0 Å². The van der Waals surface area contributed by atoms with E-state index in [2.05, 4.69) is 15.3 Å². The van der Waals surface area contributed by atoms with Gasteiger partial charge in [-0.1, -0.05) is 0 Å². The molecule has 0 fully saturated rings. The molecule has 0 aliphatic carbocycles. The van der Waals surface area contributed by atoms with Crippen molar-refractivity contribution < 1.29 is 4.79 Å². The normalized spacial score (nSPS) is 10.2. The van der Waals surface area contributed by atoms with Crippen molar-refractivity contribution in [3.05, 3.63) is 35.8 Å². The number of rotatable bonds is 2. The van der Waals surface area contributed by atoms with Gasteiger partial charge in [-0.25, -0.2) is 4.68 Å². The summed E-state index contributed by atoms with van der Waals surface area (Å²) in [6.07, 6.45) is 1.77. The molecule has 0 aliphatic rings. The number of aromatic nitrogens is 4. The standard InChI is InChI=1S/C9H9N5O/c1-6-4-5-14(13-6)8-3-2-7(9(10)15)11-12-8/h2-5H,1H3,(H2,10,15). The number of nitrogens with two attached hydrogens (primary N) is 1. The molecule has 0 saturated carbocycles. The molecule has 0 aromatic carbocycles. The summed E-state index contributed by atoms with van der Waals surface area (Å²) in [7, 11) is 0. The zero-order valence-electron chi connectivity index (χ0n) is 8.08. The van der Waals surface area contributed by atoms with Gasteiger partial charge in [0.1, 0.15) is 0 Å². The molecule has 2 aromatic heterocycles. The molecular weight excluding hydrogens is 194 g/mol. The smallest absolute Gasteiger partial charge is 0.269 e. The van der Waals surface area contributed by atoms with Crippen LogP contribution >= 0.6 is 0 Å². The van der Waals surface area contributed by atoms with Crippen LogP contribution in [0.1, 0.15) is 16.2 Å². The summed E-state index contributed by atoms with van der Waals surface area (Å²) < 4.78 is 1.58. The van der Waals surface area contributed by atoms with E-state index in [1.54, 1.807) is 16.9 Å². The summed E-state index contributed by atoms with van der Waals surface area (Å²) in [5.74, 6) is -0.0428. The second kappa shape index (κ2) is 3.49. The highest BCUT2D eigenvalue weighted by Gasteiger charge is 2.04. The summed E-state index contributed by atoms with van der Waals surface area (Å²) in [6.45, 7) is 1.88. The molecule has 0 unspecified atom stereocenters. The molecule has 6 nitrogen and oxygen atoms in total. The fourth-order valence-corrected chi connectivity index (χ4v) is 1.12. The van der Waals surface area contributed by atoms with Gasteiger partial charge in [-0.05, 0) is 25.1 Å². The maximum absolute atomic E-state index is 10.8. The lowest BCUT2D eigenvalue weighted by Gasteiger charge is -1.99. The molecule has 0 aliphatic heterocycles. The number of carbonyl (C=O) groups excluding carboxylic acids is 1. The average molecular weight is 203 g/mol. The molecule has 76 valence electrons. The van der Waals surface area contributed by atoms with E-state index in [4.69, 9.17) is 5.73 Å². The SMILES string of the molecule is Cc1ccn(-c2ccc(C(N)=O)nn2)n1. The summed E-state index contributed by atoms with van der Waals surface area (Å²) in [6, 6.07) is 5.00. The number of aryl methyl sites for hydroxylation is 1. The number of hydrogen-bond acceptors (Lipinski definition) is 4. The summed E-state index contributed by atoms with van der Waals surface area (Å²) in [5, 5.41) is 11.7. The summed E-state index contributed by atoms with van der Waals surface area (Å²) >= 11 is 0. The van der Waals surface area contributed by atoms with E-state index >= 15 is 0 Å². The molecule has 15 heavy (non-hydrogen) atoms. The highest BCUT2D eigenvalue weighted by molar-refractivity contribution is 5.90. The van der Waals surface area contributed by atoms with Crippen LogP contribution in [-0.2, 0) is 0 Å². The van der Waals surface area contributed by atoms with Gasteiger partial charge in [-0.3, -0.25) is 4.79 Å². The van der Waals surface area contributed by atoms with Crippen LogP contribution in [0.15, 0.2) is 24.4 Å². The van der Waals surface area contributed by atoms with Crippen LogP contribution in [0.3, 0.4) is 0 Å². The third kappa shape index (κ3) is 1.83. The van der Waals surface area contributed by atoms with E-state index in [0.29, 0.717) is 5.82 Å². The summed E-state index contributed by atoms with van der Waals surface area (Å²) in [4.78, 5) is 10.8. The molecule has 0 atom stereocenters. The monoisotopic (exact) mass is 203 g/mol. The molecule has 6 heteroatoms. The Morgan fingerprint density at radius 1 is 1.33 bits per heavy atom. The van der Waals surface area contributed by atoms with Crippen LogP contribution < -0.4 is 5.73 Å².